The molecule has 2 rings (SSSR count). The average molecular weight is 302 g/mol. The zero-order valence-electron chi connectivity index (χ0n) is 11.1. The van der Waals surface area contributed by atoms with Gasteiger partial charge in [0.05, 0.1) is 5.69 Å². The van der Waals surface area contributed by atoms with Crippen LogP contribution in [0.3, 0.4) is 0 Å². The smallest absolute Gasteiger partial charge is 0.245 e. The van der Waals surface area contributed by atoms with E-state index < -0.39 is 15.8 Å². The summed E-state index contributed by atoms with van der Waals surface area (Å²) in [7, 11) is -3.78. The Bertz CT molecular complexity index is 575. The number of hydrogen-bond acceptors (Lipinski definition) is 4. The van der Waals surface area contributed by atoms with E-state index in [9.17, 15) is 12.8 Å². The molecular weight excluding hydrogens is 283 g/mol. The summed E-state index contributed by atoms with van der Waals surface area (Å²) in [5.41, 5.74) is 5.21. The second kappa shape index (κ2) is 6.07. The molecule has 20 heavy (non-hydrogen) atoms. The summed E-state index contributed by atoms with van der Waals surface area (Å²) in [6.45, 7) is 0.791. The Labute approximate surface area is 118 Å². The van der Waals surface area contributed by atoms with Gasteiger partial charge in [-0.05, 0) is 37.3 Å². The van der Waals surface area contributed by atoms with E-state index in [4.69, 9.17) is 10.8 Å². The van der Waals surface area contributed by atoms with E-state index in [2.05, 4.69) is 0 Å². The summed E-state index contributed by atoms with van der Waals surface area (Å²) in [5, 5.41) is 8.97. The quantitative estimate of drug-likeness (QED) is 0.818. The molecule has 1 aliphatic rings. The first-order chi connectivity index (χ1) is 9.46. The van der Waals surface area contributed by atoms with Crippen LogP contribution in [-0.4, -0.2) is 37.5 Å². The zero-order chi connectivity index (χ0) is 14.8. The Morgan fingerprint density at radius 2 is 2.20 bits per heavy atom. The van der Waals surface area contributed by atoms with Crippen LogP contribution in [0.4, 0.5) is 10.1 Å². The van der Waals surface area contributed by atoms with Crippen molar-refractivity contribution in [3.63, 3.8) is 0 Å². The fourth-order valence-corrected chi connectivity index (χ4v) is 4.23. The Balaban J connectivity index is 2.28. The van der Waals surface area contributed by atoms with Crippen LogP contribution in [0, 0.1) is 11.7 Å². The van der Waals surface area contributed by atoms with Crippen LogP contribution in [0.25, 0.3) is 0 Å². The number of benzene rings is 1. The van der Waals surface area contributed by atoms with Crippen LogP contribution in [0.1, 0.15) is 19.3 Å². The highest BCUT2D eigenvalue weighted by Crippen LogP contribution is 2.29. The molecule has 1 saturated heterocycles. The molecule has 1 unspecified atom stereocenters. The molecule has 3 N–H and O–H groups in total. The number of aliphatic hydroxyl groups excluding tert-OH is 1. The van der Waals surface area contributed by atoms with Gasteiger partial charge in [0.2, 0.25) is 10.0 Å². The predicted molar refractivity (Wildman–Crippen MR) is 74.0 cm³/mol. The van der Waals surface area contributed by atoms with E-state index in [0.29, 0.717) is 19.5 Å². The second-order valence-electron chi connectivity index (χ2n) is 5.04. The minimum atomic E-state index is -3.78. The lowest BCUT2D eigenvalue weighted by Gasteiger charge is -2.31. The minimum Gasteiger partial charge on any atom is -0.396 e. The fraction of sp³-hybridized carbons (Fsp3) is 0.538. The van der Waals surface area contributed by atoms with E-state index in [1.807, 2.05) is 0 Å². The molecule has 5 nitrogen and oxygen atoms in total. The Kier molecular flexibility index (Phi) is 4.62. The molecule has 0 aliphatic carbocycles. The molecule has 1 aromatic rings. The Hall–Kier alpha value is -1.18. The molecule has 0 bridgehead atoms. The number of anilines is 1. The van der Waals surface area contributed by atoms with E-state index in [1.165, 1.54) is 16.4 Å². The van der Waals surface area contributed by atoms with Crippen molar-refractivity contribution >= 4 is 15.7 Å². The fourth-order valence-electron chi connectivity index (χ4n) is 2.54. The molecule has 1 heterocycles. The van der Waals surface area contributed by atoms with Gasteiger partial charge in [-0.25, -0.2) is 12.8 Å². The van der Waals surface area contributed by atoms with Crippen LogP contribution in [0.2, 0.25) is 0 Å². The van der Waals surface area contributed by atoms with Gasteiger partial charge in [-0.15, -0.1) is 0 Å². The molecule has 0 amide bonds. The van der Waals surface area contributed by atoms with Crippen LogP contribution >= 0.6 is 0 Å². The van der Waals surface area contributed by atoms with Crippen molar-refractivity contribution in [1.29, 1.82) is 0 Å². The first kappa shape index (κ1) is 15.2. The monoisotopic (exact) mass is 302 g/mol. The lowest BCUT2D eigenvalue weighted by molar-refractivity contribution is 0.203. The maximum Gasteiger partial charge on any atom is 0.245 e. The predicted octanol–water partition coefficient (Wildman–Crippen LogP) is 1.19. The summed E-state index contributed by atoms with van der Waals surface area (Å²) in [6.07, 6.45) is 2.20. The van der Waals surface area contributed by atoms with Gasteiger partial charge in [0.15, 0.2) is 0 Å². The number of hydrogen-bond donors (Lipinski definition) is 2. The number of halogens is 1. The van der Waals surface area contributed by atoms with Crippen molar-refractivity contribution in [3.05, 3.63) is 24.0 Å². The van der Waals surface area contributed by atoms with E-state index in [-0.39, 0.29) is 23.1 Å². The van der Waals surface area contributed by atoms with Gasteiger partial charge in [-0.2, -0.15) is 4.31 Å². The number of aliphatic hydroxyl groups is 1. The Morgan fingerprint density at radius 1 is 1.45 bits per heavy atom. The second-order valence-corrected chi connectivity index (χ2v) is 6.94. The number of nitrogens with zero attached hydrogens (tertiary/aromatic N) is 1. The third kappa shape index (κ3) is 2.94. The first-order valence-electron chi connectivity index (χ1n) is 6.62. The van der Waals surface area contributed by atoms with Gasteiger partial charge < -0.3 is 10.8 Å². The van der Waals surface area contributed by atoms with Gasteiger partial charge in [0.25, 0.3) is 0 Å². The van der Waals surface area contributed by atoms with Crippen molar-refractivity contribution in [3.8, 4) is 0 Å². The molecule has 1 aliphatic heterocycles. The van der Waals surface area contributed by atoms with Gasteiger partial charge in [-0.3, -0.25) is 0 Å². The molecule has 0 saturated carbocycles. The highest BCUT2D eigenvalue weighted by molar-refractivity contribution is 7.89. The minimum absolute atomic E-state index is 0.0423. The first-order valence-corrected chi connectivity index (χ1v) is 8.06. The van der Waals surface area contributed by atoms with Crippen molar-refractivity contribution in [2.45, 2.75) is 24.2 Å². The maximum atomic E-state index is 13.4. The number of para-hydroxylation sites is 1. The molecule has 0 spiro atoms. The van der Waals surface area contributed by atoms with Crippen LogP contribution < -0.4 is 5.73 Å². The summed E-state index contributed by atoms with van der Waals surface area (Å²) in [5.74, 6) is -0.590. The summed E-state index contributed by atoms with van der Waals surface area (Å²) in [4.78, 5) is -0.179. The highest BCUT2D eigenvalue weighted by Gasteiger charge is 2.31. The number of sulfonamides is 1. The van der Waals surface area contributed by atoms with Crippen molar-refractivity contribution in [2.24, 2.45) is 5.92 Å². The molecule has 7 heteroatoms. The maximum absolute atomic E-state index is 13.4. The van der Waals surface area contributed by atoms with Gasteiger partial charge in [0, 0.05) is 19.7 Å². The molecular formula is C13H19FN2O3S. The largest absolute Gasteiger partial charge is 0.396 e. The summed E-state index contributed by atoms with van der Waals surface area (Å²) in [6, 6.07) is 3.80. The highest BCUT2D eigenvalue weighted by atomic mass is 32.2. The van der Waals surface area contributed by atoms with Crippen LogP contribution in [-0.2, 0) is 10.0 Å². The molecule has 1 aromatic carbocycles. The standard InChI is InChI=1S/C13H19FN2O3S/c14-11-4-1-5-12(13(11)15)20(18,19)16-7-2-3-10(9-16)6-8-17/h1,4-5,10,17H,2-3,6-9,15H2. The lowest BCUT2D eigenvalue weighted by Crippen LogP contribution is -2.40. The van der Waals surface area contributed by atoms with Gasteiger partial charge in [0.1, 0.15) is 10.7 Å². The van der Waals surface area contributed by atoms with E-state index in [0.717, 1.165) is 18.9 Å². The van der Waals surface area contributed by atoms with Crippen molar-refractivity contribution in [1.82, 2.24) is 4.31 Å². The van der Waals surface area contributed by atoms with E-state index >= 15 is 0 Å². The van der Waals surface area contributed by atoms with Gasteiger partial charge in [-0.1, -0.05) is 6.07 Å². The summed E-state index contributed by atoms with van der Waals surface area (Å²) < 4.78 is 39.8. The van der Waals surface area contributed by atoms with Crippen molar-refractivity contribution in [2.75, 3.05) is 25.4 Å². The van der Waals surface area contributed by atoms with Crippen molar-refractivity contribution < 1.29 is 17.9 Å². The van der Waals surface area contributed by atoms with E-state index in [1.54, 1.807) is 0 Å². The number of piperidine rings is 1. The average Bonchev–Trinajstić information content (AvgIpc) is 2.42. The van der Waals surface area contributed by atoms with Crippen LogP contribution in [0.15, 0.2) is 23.1 Å². The normalized spacial score (nSPS) is 21.0. The Morgan fingerprint density at radius 3 is 2.90 bits per heavy atom. The molecule has 0 aromatic heterocycles. The third-order valence-corrected chi connectivity index (χ3v) is 5.57. The zero-order valence-corrected chi connectivity index (χ0v) is 11.9. The van der Waals surface area contributed by atoms with Crippen LogP contribution in [0.5, 0.6) is 0 Å². The lowest BCUT2D eigenvalue weighted by atomic mass is 9.97. The topological polar surface area (TPSA) is 83.6 Å². The summed E-state index contributed by atoms with van der Waals surface area (Å²) >= 11 is 0. The number of nitrogen functional groups attached to an aromatic ring is 1. The number of rotatable bonds is 4. The number of nitrogens with two attached hydrogens (primary N) is 1. The molecule has 1 atom stereocenters. The third-order valence-electron chi connectivity index (χ3n) is 3.65. The molecule has 1 fully saturated rings. The van der Waals surface area contributed by atoms with Gasteiger partial charge >= 0.3 is 0 Å². The SMILES string of the molecule is Nc1c(F)cccc1S(=O)(=O)N1CCCC(CCO)C1. The molecule has 0 radical (unpaired) electrons. The molecule has 112 valence electrons.